The summed E-state index contributed by atoms with van der Waals surface area (Å²) in [5, 5.41) is 7.19. The van der Waals surface area contributed by atoms with E-state index in [9.17, 15) is 0 Å². The van der Waals surface area contributed by atoms with Crippen LogP contribution in [0.25, 0.3) is 11.3 Å². The van der Waals surface area contributed by atoms with Crippen molar-refractivity contribution >= 4 is 15.9 Å². The molecule has 0 unspecified atom stereocenters. The number of rotatable bonds is 1. The maximum absolute atomic E-state index is 4.24. The van der Waals surface area contributed by atoms with Crippen LogP contribution in [0.5, 0.6) is 0 Å². The zero-order valence-corrected chi connectivity index (χ0v) is 9.72. The molecule has 0 saturated heterocycles. The van der Waals surface area contributed by atoms with Gasteiger partial charge in [0, 0.05) is 15.7 Å². The molecule has 0 spiro atoms. The highest BCUT2D eigenvalue weighted by Gasteiger charge is 2.06. The second-order valence-corrected chi connectivity index (χ2v) is 4.20. The number of nitrogens with one attached hydrogen (secondary N) is 1. The summed E-state index contributed by atoms with van der Waals surface area (Å²) in [6.45, 7) is 4.09. The Hall–Kier alpha value is -1.09. The van der Waals surface area contributed by atoms with Gasteiger partial charge in [-0.3, -0.25) is 5.10 Å². The number of nitrogens with zero attached hydrogens (tertiary/aromatic N) is 1. The maximum Gasteiger partial charge on any atom is 0.0926 e. The number of benzene rings is 1. The quantitative estimate of drug-likeness (QED) is 0.826. The molecular formula is C11H11BrN2. The van der Waals surface area contributed by atoms with Crippen LogP contribution >= 0.6 is 15.9 Å². The van der Waals surface area contributed by atoms with Gasteiger partial charge in [-0.2, -0.15) is 5.10 Å². The van der Waals surface area contributed by atoms with Gasteiger partial charge >= 0.3 is 0 Å². The number of H-pyrrole nitrogens is 1. The Morgan fingerprint density at radius 3 is 2.71 bits per heavy atom. The zero-order chi connectivity index (χ0) is 10.1. The van der Waals surface area contributed by atoms with Crippen molar-refractivity contribution in [2.75, 3.05) is 0 Å². The van der Waals surface area contributed by atoms with Gasteiger partial charge in [-0.15, -0.1) is 0 Å². The average Bonchev–Trinajstić information content (AvgIpc) is 2.57. The van der Waals surface area contributed by atoms with Gasteiger partial charge in [0.2, 0.25) is 0 Å². The molecule has 14 heavy (non-hydrogen) atoms. The molecule has 72 valence electrons. The van der Waals surface area contributed by atoms with Gasteiger partial charge < -0.3 is 0 Å². The van der Waals surface area contributed by atoms with E-state index in [0.717, 1.165) is 15.9 Å². The minimum absolute atomic E-state index is 1.00. The molecule has 0 aliphatic carbocycles. The largest absolute Gasteiger partial charge is 0.282 e. The van der Waals surface area contributed by atoms with Crippen LogP contribution in [0, 0.1) is 13.8 Å². The summed E-state index contributed by atoms with van der Waals surface area (Å²) in [7, 11) is 0. The monoisotopic (exact) mass is 250 g/mol. The van der Waals surface area contributed by atoms with Gasteiger partial charge in [0.25, 0.3) is 0 Å². The highest BCUT2D eigenvalue weighted by atomic mass is 79.9. The molecule has 0 saturated carbocycles. The molecule has 1 N–H and O–H groups in total. The molecule has 1 aromatic heterocycles. The van der Waals surface area contributed by atoms with E-state index in [2.05, 4.69) is 45.2 Å². The third-order valence-corrected chi connectivity index (χ3v) is 3.11. The number of hydrogen-bond acceptors (Lipinski definition) is 1. The molecule has 2 nitrogen and oxygen atoms in total. The highest BCUT2D eigenvalue weighted by Crippen LogP contribution is 2.27. The van der Waals surface area contributed by atoms with Gasteiger partial charge in [0.05, 0.1) is 5.69 Å². The topological polar surface area (TPSA) is 28.7 Å². The molecule has 0 fully saturated rings. The van der Waals surface area contributed by atoms with E-state index < -0.39 is 0 Å². The number of aryl methyl sites for hydroxylation is 1. The van der Waals surface area contributed by atoms with Crippen molar-refractivity contribution in [3.05, 3.63) is 40.0 Å². The van der Waals surface area contributed by atoms with Gasteiger partial charge in [0.1, 0.15) is 0 Å². The van der Waals surface area contributed by atoms with E-state index in [0.29, 0.717) is 0 Å². The van der Waals surface area contributed by atoms with Crippen LogP contribution < -0.4 is 0 Å². The first-order chi connectivity index (χ1) is 6.68. The van der Waals surface area contributed by atoms with E-state index in [1.807, 2.05) is 19.1 Å². The molecule has 0 aliphatic heterocycles. The van der Waals surface area contributed by atoms with Crippen molar-refractivity contribution in [3.63, 3.8) is 0 Å². The van der Waals surface area contributed by atoms with Crippen molar-refractivity contribution in [2.45, 2.75) is 13.8 Å². The minimum atomic E-state index is 1.00. The second-order valence-electron chi connectivity index (χ2n) is 3.35. The predicted octanol–water partition coefficient (Wildman–Crippen LogP) is 3.46. The minimum Gasteiger partial charge on any atom is -0.282 e. The molecule has 0 radical (unpaired) electrons. The van der Waals surface area contributed by atoms with Crippen molar-refractivity contribution in [3.8, 4) is 11.3 Å². The standard InChI is InChI=1S/C11H11BrN2/c1-7-6-11(14-13-7)9-4-3-5-10(12)8(9)2/h3-6H,1-2H3,(H,13,14). The van der Waals surface area contributed by atoms with Gasteiger partial charge in [0.15, 0.2) is 0 Å². The molecule has 3 heteroatoms. The van der Waals surface area contributed by atoms with Gasteiger partial charge in [-0.25, -0.2) is 0 Å². The Labute approximate surface area is 91.5 Å². The molecule has 0 aliphatic rings. The number of aromatic nitrogens is 2. The Bertz CT molecular complexity index is 460. The lowest BCUT2D eigenvalue weighted by Crippen LogP contribution is -1.84. The lowest BCUT2D eigenvalue weighted by Gasteiger charge is -2.03. The van der Waals surface area contributed by atoms with E-state index in [1.165, 1.54) is 11.1 Å². The molecule has 0 atom stereocenters. The summed E-state index contributed by atoms with van der Waals surface area (Å²) >= 11 is 3.51. The fourth-order valence-electron chi connectivity index (χ4n) is 1.44. The summed E-state index contributed by atoms with van der Waals surface area (Å²) < 4.78 is 1.12. The summed E-state index contributed by atoms with van der Waals surface area (Å²) in [5.74, 6) is 0. The first-order valence-corrected chi connectivity index (χ1v) is 5.25. The van der Waals surface area contributed by atoms with Gasteiger partial charge in [-0.1, -0.05) is 28.1 Å². The molecule has 2 aromatic rings. The van der Waals surface area contributed by atoms with Crippen LogP contribution in [-0.4, -0.2) is 10.2 Å². The second kappa shape index (κ2) is 3.58. The summed E-state index contributed by atoms with van der Waals surface area (Å²) in [5.41, 5.74) is 4.48. The number of hydrogen-bond donors (Lipinski definition) is 1. The highest BCUT2D eigenvalue weighted by molar-refractivity contribution is 9.10. The van der Waals surface area contributed by atoms with Crippen molar-refractivity contribution in [1.82, 2.24) is 10.2 Å². The summed E-state index contributed by atoms with van der Waals surface area (Å²) in [6, 6.07) is 8.19. The van der Waals surface area contributed by atoms with Crippen LogP contribution in [0.2, 0.25) is 0 Å². The third kappa shape index (κ3) is 1.60. The molecule has 2 rings (SSSR count). The Balaban J connectivity index is 2.57. The zero-order valence-electron chi connectivity index (χ0n) is 8.13. The van der Waals surface area contributed by atoms with Crippen molar-refractivity contribution in [2.24, 2.45) is 0 Å². The van der Waals surface area contributed by atoms with Crippen molar-refractivity contribution in [1.29, 1.82) is 0 Å². The van der Waals surface area contributed by atoms with Crippen molar-refractivity contribution < 1.29 is 0 Å². The molecular weight excluding hydrogens is 240 g/mol. The fraction of sp³-hybridized carbons (Fsp3) is 0.182. The lowest BCUT2D eigenvalue weighted by molar-refractivity contribution is 1.05. The molecule has 1 aromatic carbocycles. The first-order valence-electron chi connectivity index (χ1n) is 4.46. The van der Waals surface area contributed by atoms with Crippen LogP contribution in [-0.2, 0) is 0 Å². The van der Waals surface area contributed by atoms with Crippen LogP contribution in [0.3, 0.4) is 0 Å². The Morgan fingerprint density at radius 1 is 1.29 bits per heavy atom. The average molecular weight is 251 g/mol. The first kappa shape index (κ1) is 9.46. The smallest absolute Gasteiger partial charge is 0.0926 e. The SMILES string of the molecule is Cc1cc(-c2cccc(Br)c2C)n[nH]1. The van der Waals surface area contributed by atoms with Crippen LogP contribution in [0.4, 0.5) is 0 Å². The molecule has 1 heterocycles. The Morgan fingerprint density at radius 2 is 2.07 bits per heavy atom. The summed E-state index contributed by atoms with van der Waals surface area (Å²) in [6.07, 6.45) is 0. The van der Waals surface area contributed by atoms with E-state index in [4.69, 9.17) is 0 Å². The Kier molecular flexibility index (Phi) is 2.42. The summed E-state index contributed by atoms with van der Waals surface area (Å²) in [4.78, 5) is 0. The molecule has 0 amide bonds. The van der Waals surface area contributed by atoms with E-state index in [-0.39, 0.29) is 0 Å². The van der Waals surface area contributed by atoms with Crippen LogP contribution in [0.1, 0.15) is 11.3 Å². The predicted molar refractivity (Wildman–Crippen MR) is 61.2 cm³/mol. The third-order valence-electron chi connectivity index (χ3n) is 2.25. The normalized spacial score (nSPS) is 10.5. The fourth-order valence-corrected chi connectivity index (χ4v) is 1.81. The van der Waals surface area contributed by atoms with Crippen LogP contribution in [0.15, 0.2) is 28.7 Å². The lowest BCUT2D eigenvalue weighted by atomic mass is 10.1. The molecule has 0 bridgehead atoms. The van der Waals surface area contributed by atoms with Gasteiger partial charge in [-0.05, 0) is 31.5 Å². The maximum atomic E-state index is 4.24. The number of halogens is 1. The van der Waals surface area contributed by atoms with E-state index >= 15 is 0 Å². The number of aromatic amines is 1. The van der Waals surface area contributed by atoms with E-state index in [1.54, 1.807) is 0 Å².